The van der Waals surface area contributed by atoms with Gasteiger partial charge in [0.2, 0.25) is 0 Å². The minimum Gasteiger partial charge on any atom is -0.505 e. The van der Waals surface area contributed by atoms with E-state index < -0.39 is 23.6 Å². The number of aromatic hydroxyl groups is 1. The zero-order valence-electron chi connectivity index (χ0n) is 22.8. The van der Waals surface area contributed by atoms with Crippen molar-refractivity contribution in [3.05, 3.63) is 107 Å². The number of carbonyl (C=O) groups is 2. The summed E-state index contributed by atoms with van der Waals surface area (Å²) in [6.07, 6.45) is -4.62. The van der Waals surface area contributed by atoms with Crippen molar-refractivity contribution in [1.82, 2.24) is 0 Å². The zero-order valence-corrected chi connectivity index (χ0v) is 22.8. The van der Waals surface area contributed by atoms with Gasteiger partial charge >= 0.3 is 12.1 Å². The summed E-state index contributed by atoms with van der Waals surface area (Å²) in [7, 11) is 0. The van der Waals surface area contributed by atoms with Crippen LogP contribution in [0.4, 0.5) is 30.2 Å². The Morgan fingerprint density at radius 1 is 0.857 bits per heavy atom. The third-order valence-electron chi connectivity index (χ3n) is 6.96. The Morgan fingerprint density at radius 2 is 1.52 bits per heavy atom. The molecule has 3 N–H and O–H groups in total. The van der Waals surface area contributed by atoms with Gasteiger partial charge < -0.3 is 10.2 Å². The normalized spacial score (nSPS) is 14.3. The second kappa shape index (κ2) is 10.4. The van der Waals surface area contributed by atoms with Gasteiger partial charge in [0.15, 0.2) is 5.71 Å². The van der Waals surface area contributed by atoms with Gasteiger partial charge in [-0.1, -0.05) is 57.2 Å². The molecule has 1 aliphatic heterocycles. The Kier molecular flexibility index (Phi) is 7.01. The fourth-order valence-corrected chi connectivity index (χ4v) is 4.70. The first-order chi connectivity index (χ1) is 19.8. The Bertz CT molecular complexity index is 1740. The number of amides is 1. The summed E-state index contributed by atoms with van der Waals surface area (Å²) in [5.74, 6) is -2.02. The molecular weight excluding hydrogens is 547 g/mol. The van der Waals surface area contributed by atoms with Crippen LogP contribution in [0.25, 0.3) is 11.1 Å². The van der Waals surface area contributed by atoms with E-state index in [9.17, 15) is 33.0 Å². The highest BCUT2D eigenvalue weighted by molar-refractivity contribution is 6.55. The number of halogens is 3. The molecule has 0 spiro atoms. The number of phenolic OH excluding ortho intramolecular Hbond substituents is 1. The van der Waals surface area contributed by atoms with Crippen LogP contribution in [0.1, 0.15) is 47.8 Å². The van der Waals surface area contributed by atoms with E-state index in [0.29, 0.717) is 16.8 Å². The number of hydrazone groups is 1. The quantitative estimate of drug-likeness (QED) is 0.169. The molecule has 0 radical (unpaired) electrons. The number of anilines is 3. The van der Waals surface area contributed by atoms with E-state index in [0.717, 1.165) is 17.7 Å². The Morgan fingerprint density at radius 3 is 2.17 bits per heavy atom. The molecule has 0 saturated carbocycles. The number of hydrogen-bond donors (Lipinski definition) is 3. The van der Waals surface area contributed by atoms with Crippen LogP contribution >= 0.6 is 0 Å². The number of para-hydroxylation sites is 1. The molecule has 214 valence electrons. The SMILES string of the molecule is CC(C)(C)c1ccc(N2C(=O)C(=NNc3cccc(-c4cccc(C(=O)O)c4)c3O)c3ccc(C(F)(F)F)cc32)cc1. The lowest BCUT2D eigenvalue weighted by molar-refractivity contribution is -0.137. The molecule has 10 heteroatoms. The molecule has 1 amide bonds. The summed E-state index contributed by atoms with van der Waals surface area (Å²) in [6.45, 7) is 6.08. The largest absolute Gasteiger partial charge is 0.505 e. The van der Waals surface area contributed by atoms with Crippen molar-refractivity contribution in [3.8, 4) is 16.9 Å². The Hall–Kier alpha value is -5.12. The first-order valence-corrected chi connectivity index (χ1v) is 12.9. The smallest absolute Gasteiger partial charge is 0.416 e. The van der Waals surface area contributed by atoms with Crippen molar-refractivity contribution >= 4 is 34.7 Å². The lowest BCUT2D eigenvalue weighted by Gasteiger charge is -2.22. The molecule has 0 unspecified atom stereocenters. The summed E-state index contributed by atoms with van der Waals surface area (Å²) < 4.78 is 40.9. The first-order valence-electron chi connectivity index (χ1n) is 12.9. The van der Waals surface area contributed by atoms with Gasteiger partial charge in [-0.2, -0.15) is 18.3 Å². The number of phenols is 1. The number of carbonyl (C=O) groups excluding carboxylic acids is 1. The van der Waals surface area contributed by atoms with E-state index >= 15 is 0 Å². The van der Waals surface area contributed by atoms with Crippen LogP contribution in [-0.2, 0) is 16.4 Å². The van der Waals surface area contributed by atoms with Crippen molar-refractivity contribution in [3.63, 3.8) is 0 Å². The summed E-state index contributed by atoms with van der Waals surface area (Å²) >= 11 is 0. The topological polar surface area (TPSA) is 102 Å². The minimum absolute atomic E-state index is 0.0299. The average Bonchev–Trinajstić information content (AvgIpc) is 3.21. The van der Waals surface area contributed by atoms with E-state index in [2.05, 4.69) is 10.5 Å². The third-order valence-corrected chi connectivity index (χ3v) is 6.96. The number of aromatic carboxylic acids is 1. The molecule has 0 aromatic heterocycles. The van der Waals surface area contributed by atoms with Crippen LogP contribution in [-0.4, -0.2) is 27.8 Å². The second-order valence-corrected chi connectivity index (χ2v) is 10.8. The van der Waals surface area contributed by atoms with Crippen molar-refractivity contribution in [2.45, 2.75) is 32.4 Å². The molecule has 4 aromatic rings. The second-order valence-electron chi connectivity index (χ2n) is 10.8. The molecule has 5 rings (SSSR count). The molecule has 1 heterocycles. The highest BCUT2D eigenvalue weighted by Crippen LogP contribution is 2.41. The van der Waals surface area contributed by atoms with Gasteiger partial charge in [0, 0.05) is 16.8 Å². The van der Waals surface area contributed by atoms with Crippen molar-refractivity contribution in [2.75, 3.05) is 10.3 Å². The molecule has 0 fully saturated rings. The predicted octanol–water partition coefficient (Wildman–Crippen LogP) is 7.57. The Labute approximate surface area is 239 Å². The molecule has 7 nitrogen and oxygen atoms in total. The molecule has 0 atom stereocenters. The number of hydrogen-bond acceptors (Lipinski definition) is 5. The number of fused-ring (bicyclic) bond motifs is 1. The number of benzene rings is 4. The summed E-state index contributed by atoms with van der Waals surface area (Å²) in [5, 5.41) is 24.5. The number of nitrogens with zero attached hydrogens (tertiary/aromatic N) is 2. The fraction of sp³-hybridized carbons (Fsp3) is 0.156. The van der Waals surface area contributed by atoms with Crippen LogP contribution < -0.4 is 10.3 Å². The summed E-state index contributed by atoms with van der Waals surface area (Å²) in [4.78, 5) is 26.2. The molecule has 0 saturated heterocycles. The lowest BCUT2D eigenvalue weighted by Crippen LogP contribution is -2.26. The van der Waals surface area contributed by atoms with E-state index in [1.54, 1.807) is 36.4 Å². The van der Waals surface area contributed by atoms with Crippen LogP contribution in [0, 0.1) is 0 Å². The van der Waals surface area contributed by atoms with Gasteiger partial charge in [0.1, 0.15) is 5.75 Å². The molecule has 0 bridgehead atoms. The third kappa shape index (κ3) is 5.30. The standard InChI is InChI=1S/C32H26F3N3O4/c1-31(2,3)20-10-13-22(14-11-20)38-26-17-21(32(33,34)35)12-15-24(26)27(29(38)40)37-36-25-9-5-8-23(28(25)39)18-6-4-7-19(16-18)30(41)42/h4-17,36,39H,1-3H3,(H,41,42). The maximum atomic E-state index is 13.7. The van der Waals surface area contributed by atoms with Crippen molar-refractivity contribution in [1.29, 1.82) is 0 Å². The van der Waals surface area contributed by atoms with Gasteiger partial charge in [0.05, 0.1) is 22.5 Å². The number of carboxylic acids is 1. The van der Waals surface area contributed by atoms with Crippen LogP contribution in [0.3, 0.4) is 0 Å². The van der Waals surface area contributed by atoms with Crippen molar-refractivity contribution < 1.29 is 33.0 Å². The van der Waals surface area contributed by atoms with Crippen LogP contribution in [0.2, 0.25) is 0 Å². The highest BCUT2D eigenvalue weighted by atomic mass is 19.4. The van der Waals surface area contributed by atoms with E-state index in [1.807, 2.05) is 32.9 Å². The monoisotopic (exact) mass is 573 g/mol. The first kappa shape index (κ1) is 28.4. The van der Waals surface area contributed by atoms with E-state index in [1.165, 1.54) is 29.2 Å². The lowest BCUT2D eigenvalue weighted by atomic mass is 9.87. The number of rotatable bonds is 5. The molecule has 4 aromatic carbocycles. The molecule has 0 aliphatic carbocycles. The minimum atomic E-state index is -4.62. The summed E-state index contributed by atoms with van der Waals surface area (Å²) in [6, 6.07) is 20.7. The highest BCUT2D eigenvalue weighted by Gasteiger charge is 2.39. The average molecular weight is 574 g/mol. The van der Waals surface area contributed by atoms with Gasteiger partial charge in [-0.3, -0.25) is 15.1 Å². The number of alkyl halides is 3. The van der Waals surface area contributed by atoms with Gasteiger partial charge in [-0.15, -0.1) is 0 Å². The van der Waals surface area contributed by atoms with Gasteiger partial charge in [0.25, 0.3) is 5.91 Å². The molecular formula is C32H26F3N3O4. The maximum Gasteiger partial charge on any atom is 0.416 e. The summed E-state index contributed by atoms with van der Waals surface area (Å²) in [5.41, 5.74) is 3.93. The van der Waals surface area contributed by atoms with Crippen LogP contribution in [0.5, 0.6) is 5.75 Å². The Balaban J connectivity index is 1.55. The zero-order chi connectivity index (χ0) is 30.4. The van der Waals surface area contributed by atoms with Gasteiger partial charge in [-0.25, -0.2) is 4.79 Å². The van der Waals surface area contributed by atoms with Crippen LogP contribution in [0.15, 0.2) is 90.0 Å². The van der Waals surface area contributed by atoms with E-state index in [4.69, 9.17) is 0 Å². The van der Waals surface area contributed by atoms with Crippen molar-refractivity contribution in [2.24, 2.45) is 5.10 Å². The van der Waals surface area contributed by atoms with E-state index in [-0.39, 0.29) is 39.4 Å². The molecule has 1 aliphatic rings. The fourth-order valence-electron chi connectivity index (χ4n) is 4.70. The molecule has 42 heavy (non-hydrogen) atoms. The van der Waals surface area contributed by atoms with Gasteiger partial charge in [-0.05, 0) is 65.1 Å². The number of carboxylic acid groups (broad SMARTS) is 1. The number of nitrogens with one attached hydrogen (secondary N) is 1. The maximum absolute atomic E-state index is 13.7. The predicted molar refractivity (Wildman–Crippen MR) is 154 cm³/mol.